The number of aldehydes is 1. The number of fused-ring (bicyclic) bond motifs is 1. The SMILES string of the molecule is O=Cc1cn2c(n1)C=C(Br)CC2. The van der Waals surface area contributed by atoms with E-state index in [9.17, 15) is 4.79 Å². The van der Waals surface area contributed by atoms with E-state index in [1.165, 1.54) is 0 Å². The van der Waals surface area contributed by atoms with Crippen LogP contribution in [-0.4, -0.2) is 15.8 Å². The molecule has 0 N–H and O–H groups in total. The number of hydrogen-bond acceptors (Lipinski definition) is 2. The van der Waals surface area contributed by atoms with Crippen LogP contribution in [0.15, 0.2) is 10.7 Å². The highest BCUT2D eigenvalue weighted by Gasteiger charge is 2.10. The van der Waals surface area contributed by atoms with Crippen molar-refractivity contribution >= 4 is 28.3 Å². The predicted molar refractivity (Wildman–Crippen MR) is 49.1 cm³/mol. The number of carbonyl (C=O) groups excluding carboxylic acids is 1. The number of allylic oxidation sites excluding steroid dienone is 1. The lowest BCUT2D eigenvalue weighted by molar-refractivity contribution is 0.111. The van der Waals surface area contributed by atoms with Gasteiger partial charge in [-0.3, -0.25) is 4.79 Å². The molecule has 4 heteroatoms. The summed E-state index contributed by atoms with van der Waals surface area (Å²) >= 11 is 3.41. The van der Waals surface area contributed by atoms with Crippen LogP contribution in [0.25, 0.3) is 6.08 Å². The Labute approximate surface area is 78.2 Å². The molecule has 12 heavy (non-hydrogen) atoms. The molecule has 1 aliphatic heterocycles. The van der Waals surface area contributed by atoms with Crippen molar-refractivity contribution in [2.75, 3.05) is 0 Å². The van der Waals surface area contributed by atoms with E-state index in [0.717, 1.165) is 29.6 Å². The van der Waals surface area contributed by atoms with E-state index in [2.05, 4.69) is 20.9 Å². The van der Waals surface area contributed by atoms with E-state index in [1.54, 1.807) is 6.20 Å². The molecule has 0 unspecified atom stereocenters. The first-order valence-electron chi connectivity index (χ1n) is 3.68. The van der Waals surface area contributed by atoms with Gasteiger partial charge in [-0.1, -0.05) is 15.9 Å². The van der Waals surface area contributed by atoms with Crippen LogP contribution in [0.1, 0.15) is 22.7 Å². The van der Waals surface area contributed by atoms with Gasteiger partial charge in [-0.15, -0.1) is 0 Å². The van der Waals surface area contributed by atoms with Crippen LogP contribution in [0.2, 0.25) is 0 Å². The van der Waals surface area contributed by atoms with Gasteiger partial charge in [-0.2, -0.15) is 0 Å². The van der Waals surface area contributed by atoms with E-state index in [0.29, 0.717) is 5.69 Å². The van der Waals surface area contributed by atoms with Crippen molar-refractivity contribution in [3.8, 4) is 0 Å². The van der Waals surface area contributed by atoms with Crippen molar-refractivity contribution < 1.29 is 4.79 Å². The van der Waals surface area contributed by atoms with Gasteiger partial charge in [-0.25, -0.2) is 4.98 Å². The average Bonchev–Trinajstić information content (AvgIpc) is 2.46. The molecule has 0 aliphatic carbocycles. The fourth-order valence-electron chi connectivity index (χ4n) is 1.24. The first kappa shape index (κ1) is 7.73. The second-order valence-electron chi connectivity index (χ2n) is 2.68. The van der Waals surface area contributed by atoms with Gasteiger partial charge in [0.25, 0.3) is 0 Å². The number of carbonyl (C=O) groups is 1. The van der Waals surface area contributed by atoms with Crippen molar-refractivity contribution in [1.82, 2.24) is 9.55 Å². The Kier molecular flexibility index (Phi) is 1.84. The molecular weight excluding hydrogens is 220 g/mol. The van der Waals surface area contributed by atoms with E-state index >= 15 is 0 Å². The molecule has 0 fully saturated rings. The molecule has 0 spiro atoms. The van der Waals surface area contributed by atoms with Crippen LogP contribution < -0.4 is 0 Å². The lowest BCUT2D eigenvalue weighted by Gasteiger charge is -2.09. The minimum atomic E-state index is 0.503. The van der Waals surface area contributed by atoms with Crippen LogP contribution in [0, 0.1) is 0 Å². The Hall–Kier alpha value is -0.900. The van der Waals surface area contributed by atoms with Crippen molar-refractivity contribution in [3.05, 3.63) is 22.2 Å². The van der Waals surface area contributed by atoms with Crippen LogP contribution in [-0.2, 0) is 6.54 Å². The molecule has 1 aromatic heterocycles. The lowest BCUT2D eigenvalue weighted by atomic mass is 10.3. The maximum absolute atomic E-state index is 10.4. The van der Waals surface area contributed by atoms with Gasteiger partial charge in [0, 0.05) is 17.2 Å². The third-order valence-electron chi connectivity index (χ3n) is 1.82. The van der Waals surface area contributed by atoms with Crippen molar-refractivity contribution in [2.45, 2.75) is 13.0 Å². The number of imidazole rings is 1. The minimum Gasteiger partial charge on any atom is -0.330 e. The predicted octanol–water partition coefficient (Wildman–Crippen LogP) is 1.84. The third kappa shape index (κ3) is 1.22. The van der Waals surface area contributed by atoms with Gasteiger partial charge in [0.1, 0.15) is 11.5 Å². The molecule has 0 radical (unpaired) electrons. The summed E-state index contributed by atoms with van der Waals surface area (Å²) in [5.74, 6) is 0.857. The van der Waals surface area contributed by atoms with Gasteiger partial charge < -0.3 is 4.57 Å². The van der Waals surface area contributed by atoms with E-state index in [1.807, 2.05) is 10.6 Å². The maximum Gasteiger partial charge on any atom is 0.170 e. The van der Waals surface area contributed by atoms with E-state index in [4.69, 9.17) is 0 Å². The summed E-state index contributed by atoms with van der Waals surface area (Å²) in [6.07, 6.45) is 5.46. The summed E-state index contributed by atoms with van der Waals surface area (Å²) in [5.41, 5.74) is 0.503. The molecule has 0 bridgehead atoms. The molecule has 1 aliphatic rings. The minimum absolute atomic E-state index is 0.503. The molecule has 3 nitrogen and oxygen atoms in total. The highest BCUT2D eigenvalue weighted by Crippen LogP contribution is 2.21. The first-order chi connectivity index (χ1) is 5.79. The lowest BCUT2D eigenvalue weighted by Crippen LogP contribution is -2.03. The quantitative estimate of drug-likeness (QED) is 0.686. The van der Waals surface area contributed by atoms with E-state index in [-0.39, 0.29) is 0 Å². The third-order valence-corrected chi connectivity index (χ3v) is 2.45. The Balaban J connectivity index is 2.48. The van der Waals surface area contributed by atoms with Gasteiger partial charge in [0.2, 0.25) is 0 Å². The number of rotatable bonds is 1. The second kappa shape index (κ2) is 2.86. The largest absolute Gasteiger partial charge is 0.330 e. The standard InChI is InChI=1S/C8H7BrN2O/c9-6-1-2-11-4-7(5-12)10-8(11)3-6/h3-5H,1-2H2. The number of hydrogen-bond donors (Lipinski definition) is 0. The summed E-state index contributed by atoms with van der Waals surface area (Å²) in [4.78, 5) is 14.5. The number of aromatic nitrogens is 2. The Morgan fingerprint density at radius 1 is 1.67 bits per heavy atom. The molecule has 0 aromatic carbocycles. The van der Waals surface area contributed by atoms with Gasteiger partial charge >= 0.3 is 0 Å². The second-order valence-corrected chi connectivity index (χ2v) is 3.69. The van der Waals surface area contributed by atoms with Crippen LogP contribution in [0.3, 0.4) is 0 Å². The zero-order valence-electron chi connectivity index (χ0n) is 6.33. The molecule has 2 heterocycles. The van der Waals surface area contributed by atoms with Crippen LogP contribution >= 0.6 is 15.9 Å². The molecule has 1 aromatic rings. The monoisotopic (exact) mass is 226 g/mol. The molecule has 62 valence electrons. The Bertz CT molecular complexity index is 354. The summed E-state index contributed by atoms with van der Waals surface area (Å²) in [7, 11) is 0. The Morgan fingerprint density at radius 3 is 3.25 bits per heavy atom. The molecule has 0 saturated carbocycles. The molecule has 0 amide bonds. The zero-order valence-corrected chi connectivity index (χ0v) is 7.91. The summed E-state index contributed by atoms with van der Waals surface area (Å²) in [5, 5.41) is 0. The first-order valence-corrected chi connectivity index (χ1v) is 4.47. The number of nitrogens with zero attached hydrogens (tertiary/aromatic N) is 2. The molecule has 2 rings (SSSR count). The normalized spacial score (nSPS) is 15.2. The van der Waals surface area contributed by atoms with Gasteiger partial charge in [-0.05, 0) is 12.5 Å². The van der Waals surface area contributed by atoms with E-state index < -0.39 is 0 Å². The van der Waals surface area contributed by atoms with Crippen molar-refractivity contribution in [1.29, 1.82) is 0 Å². The van der Waals surface area contributed by atoms with Gasteiger partial charge in [0.05, 0.1) is 0 Å². The van der Waals surface area contributed by atoms with Crippen molar-refractivity contribution in [2.24, 2.45) is 0 Å². The highest BCUT2D eigenvalue weighted by molar-refractivity contribution is 9.11. The fourth-order valence-corrected chi connectivity index (χ4v) is 1.62. The average molecular weight is 227 g/mol. The molecular formula is C8H7BrN2O. The Morgan fingerprint density at radius 2 is 2.50 bits per heavy atom. The summed E-state index contributed by atoms with van der Waals surface area (Å²) in [6, 6.07) is 0. The van der Waals surface area contributed by atoms with Crippen molar-refractivity contribution in [3.63, 3.8) is 0 Å². The topological polar surface area (TPSA) is 34.9 Å². The fraction of sp³-hybridized carbons (Fsp3) is 0.250. The highest BCUT2D eigenvalue weighted by atomic mass is 79.9. The number of halogens is 1. The number of aryl methyl sites for hydroxylation is 1. The maximum atomic E-state index is 10.4. The molecule has 0 atom stereocenters. The smallest absolute Gasteiger partial charge is 0.170 e. The summed E-state index contributed by atoms with van der Waals surface area (Å²) in [6.45, 7) is 0.896. The summed E-state index contributed by atoms with van der Waals surface area (Å²) < 4.78 is 3.12. The zero-order chi connectivity index (χ0) is 8.55. The van der Waals surface area contributed by atoms with Crippen LogP contribution in [0.5, 0.6) is 0 Å². The van der Waals surface area contributed by atoms with Gasteiger partial charge in [0.15, 0.2) is 6.29 Å². The van der Waals surface area contributed by atoms with Crippen LogP contribution in [0.4, 0.5) is 0 Å². The molecule has 0 saturated heterocycles.